The molecule has 1 atom stereocenters. The molecule has 0 aromatic heterocycles. The minimum Gasteiger partial charge on any atom is -0.350 e. The number of amides is 2. The predicted octanol–water partition coefficient (Wildman–Crippen LogP) is 3.50. The standard InChI is InChI=1S/C24H31N3O2/c1-3-26(4-2)22(17-19-9-6-5-7-10-19)18-25-24(29)20-12-14-21(15-13-20)27-16-8-11-23(27)28/h5-7,9-10,12-15,22H,3-4,8,11,16-18H2,1-2H3,(H,25,29). The highest BCUT2D eigenvalue weighted by Crippen LogP contribution is 2.21. The lowest BCUT2D eigenvalue weighted by atomic mass is 10.0. The van der Waals surface area contributed by atoms with Crippen LogP contribution in [0.3, 0.4) is 0 Å². The largest absolute Gasteiger partial charge is 0.350 e. The van der Waals surface area contributed by atoms with E-state index in [4.69, 9.17) is 0 Å². The smallest absolute Gasteiger partial charge is 0.251 e. The van der Waals surface area contributed by atoms with Crippen LogP contribution in [0.5, 0.6) is 0 Å². The van der Waals surface area contributed by atoms with E-state index in [1.807, 2.05) is 18.2 Å². The molecule has 0 aliphatic carbocycles. The minimum absolute atomic E-state index is 0.0745. The number of hydrogen-bond donors (Lipinski definition) is 1. The van der Waals surface area contributed by atoms with Gasteiger partial charge in [-0.25, -0.2) is 0 Å². The van der Waals surface area contributed by atoms with Gasteiger partial charge in [0.05, 0.1) is 0 Å². The van der Waals surface area contributed by atoms with Gasteiger partial charge < -0.3 is 10.2 Å². The number of hydrogen-bond acceptors (Lipinski definition) is 3. The number of anilines is 1. The van der Waals surface area contributed by atoms with Crippen molar-refractivity contribution in [2.75, 3.05) is 31.1 Å². The molecule has 1 saturated heterocycles. The quantitative estimate of drug-likeness (QED) is 0.709. The van der Waals surface area contributed by atoms with Crippen LogP contribution in [0.15, 0.2) is 54.6 Å². The van der Waals surface area contributed by atoms with Crippen molar-refractivity contribution < 1.29 is 9.59 Å². The molecule has 1 fully saturated rings. The molecule has 1 aliphatic heterocycles. The van der Waals surface area contributed by atoms with E-state index in [2.05, 4.69) is 48.3 Å². The van der Waals surface area contributed by atoms with Crippen molar-refractivity contribution in [2.24, 2.45) is 0 Å². The van der Waals surface area contributed by atoms with Crippen molar-refractivity contribution in [1.29, 1.82) is 0 Å². The molecule has 0 radical (unpaired) electrons. The van der Waals surface area contributed by atoms with Gasteiger partial charge in [-0.2, -0.15) is 0 Å². The lowest BCUT2D eigenvalue weighted by molar-refractivity contribution is -0.117. The van der Waals surface area contributed by atoms with E-state index in [9.17, 15) is 9.59 Å². The molecule has 1 N–H and O–H groups in total. The monoisotopic (exact) mass is 393 g/mol. The summed E-state index contributed by atoms with van der Waals surface area (Å²) in [6, 6.07) is 18.0. The van der Waals surface area contributed by atoms with Crippen LogP contribution in [0.1, 0.15) is 42.6 Å². The minimum atomic E-state index is -0.0745. The summed E-state index contributed by atoms with van der Waals surface area (Å²) in [6.07, 6.45) is 2.41. The van der Waals surface area contributed by atoms with E-state index < -0.39 is 0 Å². The summed E-state index contributed by atoms with van der Waals surface area (Å²) in [6.45, 7) is 7.56. The second-order valence-corrected chi connectivity index (χ2v) is 7.47. The van der Waals surface area contributed by atoms with Crippen LogP contribution >= 0.6 is 0 Å². The van der Waals surface area contributed by atoms with Gasteiger partial charge in [-0.15, -0.1) is 0 Å². The first-order valence-electron chi connectivity index (χ1n) is 10.6. The summed E-state index contributed by atoms with van der Waals surface area (Å²) >= 11 is 0. The van der Waals surface area contributed by atoms with E-state index in [0.29, 0.717) is 18.5 Å². The number of nitrogens with one attached hydrogen (secondary N) is 1. The van der Waals surface area contributed by atoms with E-state index in [-0.39, 0.29) is 17.9 Å². The molecule has 1 heterocycles. The molecule has 154 valence electrons. The van der Waals surface area contributed by atoms with Crippen molar-refractivity contribution in [3.05, 3.63) is 65.7 Å². The molecule has 1 unspecified atom stereocenters. The zero-order valence-corrected chi connectivity index (χ0v) is 17.4. The third kappa shape index (κ3) is 5.45. The maximum Gasteiger partial charge on any atom is 0.251 e. The van der Waals surface area contributed by atoms with Gasteiger partial charge in [0.2, 0.25) is 5.91 Å². The molecule has 5 heteroatoms. The lowest BCUT2D eigenvalue weighted by Crippen LogP contribution is -2.45. The Morgan fingerprint density at radius 1 is 1.07 bits per heavy atom. The van der Waals surface area contributed by atoms with Crippen LogP contribution in [-0.2, 0) is 11.2 Å². The van der Waals surface area contributed by atoms with Gasteiger partial charge in [0.25, 0.3) is 5.91 Å². The first kappa shape index (κ1) is 21.1. The third-order valence-corrected chi connectivity index (χ3v) is 5.66. The summed E-state index contributed by atoms with van der Waals surface area (Å²) in [5.74, 6) is 0.0831. The Labute approximate surface area is 173 Å². The number of rotatable bonds is 9. The topological polar surface area (TPSA) is 52.7 Å². The maximum absolute atomic E-state index is 12.7. The number of nitrogens with zero attached hydrogens (tertiary/aromatic N) is 2. The van der Waals surface area contributed by atoms with E-state index >= 15 is 0 Å². The fraction of sp³-hybridized carbons (Fsp3) is 0.417. The highest BCUT2D eigenvalue weighted by molar-refractivity contribution is 5.97. The van der Waals surface area contributed by atoms with Crippen molar-refractivity contribution in [2.45, 2.75) is 39.2 Å². The normalized spacial score (nSPS) is 15.0. The fourth-order valence-electron chi connectivity index (χ4n) is 3.98. The summed E-state index contributed by atoms with van der Waals surface area (Å²) in [5, 5.41) is 3.11. The van der Waals surface area contributed by atoms with Crippen molar-refractivity contribution >= 4 is 17.5 Å². The zero-order valence-electron chi connectivity index (χ0n) is 17.4. The van der Waals surface area contributed by atoms with Crippen LogP contribution in [0.4, 0.5) is 5.69 Å². The summed E-state index contributed by atoms with van der Waals surface area (Å²) < 4.78 is 0. The molecule has 3 rings (SSSR count). The van der Waals surface area contributed by atoms with Gasteiger partial charge in [0, 0.05) is 36.8 Å². The molecule has 0 spiro atoms. The number of likely N-dealkylation sites (N-methyl/N-ethyl adjacent to an activating group) is 1. The Morgan fingerprint density at radius 3 is 2.34 bits per heavy atom. The third-order valence-electron chi connectivity index (χ3n) is 5.66. The number of carbonyl (C=O) groups is 2. The van der Waals surface area contributed by atoms with Gasteiger partial charge >= 0.3 is 0 Å². The van der Waals surface area contributed by atoms with Crippen LogP contribution < -0.4 is 10.2 Å². The molecular weight excluding hydrogens is 362 g/mol. The van der Waals surface area contributed by atoms with E-state index in [1.54, 1.807) is 17.0 Å². The summed E-state index contributed by atoms with van der Waals surface area (Å²) in [7, 11) is 0. The lowest BCUT2D eigenvalue weighted by Gasteiger charge is -2.30. The zero-order chi connectivity index (χ0) is 20.6. The van der Waals surface area contributed by atoms with Gasteiger partial charge in [0.15, 0.2) is 0 Å². The Kier molecular flexibility index (Phi) is 7.42. The van der Waals surface area contributed by atoms with Gasteiger partial charge in [-0.3, -0.25) is 14.5 Å². The van der Waals surface area contributed by atoms with Gasteiger partial charge in [-0.05, 0) is 55.8 Å². The Morgan fingerprint density at radius 2 is 1.76 bits per heavy atom. The second-order valence-electron chi connectivity index (χ2n) is 7.47. The highest BCUT2D eigenvalue weighted by Gasteiger charge is 2.22. The number of carbonyl (C=O) groups excluding carboxylic acids is 2. The van der Waals surface area contributed by atoms with Crippen LogP contribution in [0, 0.1) is 0 Å². The maximum atomic E-state index is 12.7. The Bertz CT molecular complexity index is 801. The Hall–Kier alpha value is -2.66. The van der Waals surface area contributed by atoms with Gasteiger partial charge in [0.1, 0.15) is 0 Å². The predicted molar refractivity (Wildman–Crippen MR) is 117 cm³/mol. The van der Waals surface area contributed by atoms with Crippen LogP contribution in [0.25, 0.3) is 0 Å². The van der Waals surface area contributed by atoms with Crippen molar-refractivity contribution in [3.8, 4) is 0 Å². The Balaban J connectivity index is 1.62. The number of benzene rings is 2. The average Bonchev–Trinajstić information content (AvgIpc) is 3.19. The molecule has 5 nitrogen and oxygen atoms in total. The molecule has 0 bridgehead atoms. The molecule has 0 saturated carbocycles. The summed E-state index contributed by atoms with van der Waals surface area (Å²) in [4.78, 5) is 28.7. The van der Waals surface area contributed by atoms with E-state index in [0.717, 1.165) is 38.2 Å². The molecule has 2 aromatic rings. The molecule has 29 heavy (non-hydrogen) atoms. The average molecular weight is 394 g/mol. The molecule has 2 aromatic carbocycles. The van der Waals surface area contributed by atoms with Crippen molar-refractivity contribution in [1.82, 2.24) is 10.2 Å². The van der Waals surface area contributed by atoms with Crippen LogP contribution in [0.2, 0.25) is 0 Å². The first-order valence-corrected chi connectivity index (χ1v) is 10.6. The van der Waals surface area contributed by atoms with Crippen LogP contribution in [-0.4, -0.2) is 48.9 Å². The molecule has 1 aliphatic rings. The molecular formula is C24H31N3O2. The van der Waals surface area contributed by atoms with E-state index in [1.165, 1.54) is 5.56 Å². The first-order chi connectivity index (χ1) is 14.1. The summed E-state index contributed by atoms with van der Waals surface area (Å²) in [5.41, 5.74) is 2.77. The fourth-order valence-corrected chi connectivity index (χ4v) is 3.98. The molecule has 2 amide bonds. The van der Waals surface area contributed by atoms with Crippen molar-refractivity contribution in [3.63, 3.8) is 0 Å². The SMILES string of the molecule is CCN(CC)C(CNC(=O)c1ccc(N2CCCC2=O)cc1)Cc1ccccc1. The second kappa shape index (κ2) is 10.2. The highest BCUT2D eigenvalue weighted by atomic mass is 16.2. The van der Waals surface area contributed by atoms with Gasteiger partial charge in [-0.1, -0.05) is 44.2 Å².